The average molecular weight is 305 g/mol. The van der Waals surface area contributed by atoms with E-state index in [-0.39, 0.29) is 0 Å². The van der Waals surface area contributed by atoms with Gasteiger partial charge in [0, 0.05) is 5.56 Å². The minimum Gasteiger partial charge on any atom is -0.456 e. The first-order valence-electron chi connectivity index (χ1n) is 5.60. The van der Waals surface area contributed by atoms with Crippen molar-refractivity contribution in [3.05, 3.63) is 57.6 Å². The van der Waals surface area contributed by atoms with Gasteiger partial charge in [0.1, 0.15) is 17.8 Å². The van der Waals surface area contributed by atoms with Crippen molar-refractivity contribution in [1.29, 1.82) is 0 Å². The van der Waals surface area contributed by atoms with Gasteiger partial charge in [-0.25, -0.2) is 0 Å². The molecule has 0 N–H and O–H groups in total. The molecule has 2 nitrogen and oxygen atoms in total. The zero-order valence-corrected chi connectivity index (χ0v) is 11.8. The van der Waals surface area contributed by atoms with Crippen LogP contribution in [-0.4, -0.2) is 6.29 Å². The fourth-order valence-electron chi connectivity index (χ4n) is 1.76. The predicted octanol–water partition coefficient (Wildman–Crippen LogP) is 4.67. The zero-order chi connectivity index (χ0) is 13.1. The number of carbonyl (C=O) groups is 1. The summed E-state index contributed by atoms with van der Waals surface area (Å²) in [5.74, 6) is 1.52. The minimum absolute atomic E-state index is 0.641. The molecule has 18 heavy (non-hydrogen) atoms. The molecule has 0 spiro atoms. The average Bonchev–Trinajstić information content (AvgIpc) is 2.34. The zero-order valence-electron chi connectivity index (χ0n) is 10.2. The lowest BCUT2D eigenvalue weighted by molar-refractivity contribution is 0.112. The van der Waals surface area contributed by atoms with Crippen molar-refractivity contribution >= 4 is 22.2 Å². The molecule has 0 fully saturated rings. The van der Waals surface area contributed by atoms with Gasteiger partial charge in [-0.05, 0) is 71.2 Å². The van der Waals surface area contributed by atoms with Gasteiger partial charge >= 0.3 is 0 Å². The second-order valence-electron chi connectivity index (χ2n) is 4.18. The fraction of sp³-hybridized carbons (Fsp3) is 0.133. The lowest BCUT2D eigenvalue weighted by atomic mass is 10.1. The molecule has 0 amide bonds. The number of halogens is 1. The minimum atomic E-state index is 0.641. The summed E-state index contributed by atoms with van der Waals surface area (Å²) in [6, 6.07) is 11.1. The SMILES string of the molecule is Cc1cc(C)c(Oc2ccc(C=O)cc2)c(Br)c1. The maximum Gasteiger partial charge on any atom is 0.150 e. The molecule has 92 valence electrons. The standard InChI is InChI=1S/C15H13BrO2/c1-10-7-11(2)15(14(16)8-10)18-13-5-3-12(9-17)4-6-13/h3-9H,1-2H3. The van der Waals surface area contributed by atoms with E-state index >= 15 is 0 Å². The highest BCUT2D eigenvalue weighted by Crippen LogP contribution is 2.33. The van der Waals surface area contributed by atoms with E-state index in [1.165, 1.54) is 5.56 Å². The summed E-state index contributed by atoms with van der Waals surface area (Å²) >= 11 is 3.50. The van der Waals surface area contributed by atoms with Gasteiger partial charge in [-0.1, -0.05) is 6.07 Å². The molecule has 0 aliphatic rings. The maximum absolute atomic E-state index is 10.6. The van der Waals surface area contributed by atoms with Gasteiger partial charge < -0.3 is 4.74 Å². The Morgan fingerprint density at radius 1 is 1.11 bits per heavy atom. The Balaban J connectivity index is 2.30. The molecule has 2 rings (SSSR count). The molecule has 0 aliphatic heterocycles. The maximum atomic E-state index is 10.6. The number of rotatable bonds is 3. The molecule has 0 radical (unpaired) electrons. The number of hydrogen-bond acceptors (Lipinski definition) is 2. The van der Waals surface area contributed by atoms with Crippen LogP contribution in [0.15, 0.2) is 40.9 Å². The number of ether oxygens (including phenoxy) is 1. The van der Waals surface area contributed by atoms with Crippen molar-refractivity contribution in [2.75, 3.05) is 0 Å². The van der Waals surface area contributed by atoms with Crippen molar-refractivity contribution in [2.24, 2.45) is 0 Å². The van der Waals surface area contributed by atoms with Gasteiger partial charge in [0.05, 0.1) is 4.47 Å². The lowest BCUT2D eigenvalue weighted by Gasteiger charge is -2.11. The van der Waals surface area contributed by atoms with Crippen molar-refractivity contribution < 1.29 is 9.53 Å². The molecule has 0 atom stereocenters. The highest BCUT2D eigenvalue weighted by molar-refractivity contribution is 9.10. The number of hydrogen-bond donors (Lipinski definition) is 0. The Bertz CT molecular complexity index is 551. The van der Waals surface area contributed by atoms with E-state index in [2.05, 4.69) is 22.0 Å². The van der Waals surface area contributed by atoms with Crippen LogP contribution in [0.3, 0.4) is 0 Å². The van der Waals surface area contributed by atoms with Crippen molar-refractivity contribution in [3.8, 4) is 11.5 Å². The summed E-state index contributed by atoms with van der Waals surface area (Å²) in [6.07, 6.45) is 0.816. The molecule has 2 aromatic carbocycles. The molecule has 0 heterocycles. The fourth-order valence-corrected chi connectivity index (χ4v) is 2.52. The Morgan fingerprint density at radius 2 is 1.78 bits per heavy atom. The van der Waals surface area contributed by atoms with Gasteiger partial charge in [-0.3, -0.25) is 4.79 Å². The van der Waals surface area contributed by atoms with Crippen molar-refractivity contribution in [1.82, 2.24) is 0 Å². The molecule has 3 heteroatoms. The van der Waals surface area contributed by atoms with Gasteiger partial charge in [0.2, 0.25) is 0 Å². The summed E-state index contributed by atoms with van der Waals surface area (Å²) in [7, 11) is 0. The van der Waals surface area contributed by atoms with E-state index in [0.29, 0.717) is 11.3 Å². The number of carbonyl (C=O) groups excluding carboxylic acids is 1. The van der Waals surface area contributed by atoms with E-state index in [0.717, 1.165) is 22.1 Å². The van der Waals surface area contributed by atoms with Crippen LogP contribution >= 0.6 is 15.9 Å². The van der Waals surface area contributed by atoms with Crippen LogP contribution in [0.1, 0.15) is 21.5 Å². The van der Waals surface area contributed by atoms with Crippen LogP contribution < -0.4 is 4.74 Å². The number of aldehydes is 1. The molecule has 0 unspecified atom stereocenters. The molecular weight excluding hydrogens is 292 g/mol. The van der Waals surface area contributed by atoms with E-state index in [4.69, 9.17) is 4.74 Å². The first-order valence-corrected chi connectivity index (χ1v) is 6.39. The third-order valence-corrected chi connectivity index (χ3v) is 3.20. The van der Waals surface area contributed by atoms with E-state index in [9.17, 15) is 4.79 Å². The normalized spacial score (nSPS) is 10.2. The highest BCUT2D eigenvalue weighted by Gasteiger charge is 2.07. The van der Waals surface area contributed by atoms with Gasteiger partial charge in [0.15, 0.2) is 0 Å². The van der Waals surface area contributed by atoms with Gasteiger partial charge in [-0.15, -0.1) is 0 Å². The first kappa shape index (κ1) is 12.8. The van der Waals surface area contributed by atoms with Crippen LogP contribution in [0.2, 0.25) is 0 Å². The lowest BCUT2D eigenvalue weighted by Crippen LogP contribution is -1.90. The summed E-state index contributed by atoms with van der Waals surface area (Å²) in [4.78, 5) is 10.6. The van der Waals surface area contributed by atoms with Gasteiger partial charge in [-0.2, -0.15) is 0 Å². The Labute approximate surface area is 115 Å². The van der Waals surface area contributed by atoms with Crippen LogP contribution in [0.4, 0.5) is 0 Å². The van der Waals surface area contributed by atoms with Gasteiger partial charge in [0.25, 0.3) is 0 Å². The van der Waals surface area contributed by atoms with E-state index in [1.54, 1.807) is 24.3 Å². The van der Waals surface area contributed by atoms with E-state index in [1.807, 2.05) is 19.9 Å². The first-order chi connectivity index (χ1) is 8.60. The Morgan fingerprint density at radius 3 is 2.33 bits per heavy atom. The monoisotopic (exact) mass is 304 g/mol. The topological polar surface area (TPSA) is 26.3 Å². The smallest absolute Gasteiger partial charge is 0.150 e. The van der Waals surface area contributed by atoms with Crippen molar-refractivity contribution in [2.45, 2.75) is 13.8 Å². The second-order valence-corrected chi connectivity index (χ2v) is 5.04. The van der Waals surface area contributed by atoms with Crippen LogP contribution in [0.5, 0.6) is 11.5 Å². The van der Waals surface area contributed by atoms with Crippen LogP contribution in [0, 0.1) is 13.8 Å². The second kappa shape index (κ2) is 5.36. The predicted molar refractivity (Wildman–Crippen MR) is 75.5 cm³/mol. The third kappa shape index (κ3) is 2.79. The number of benzene rings is 2. The number of aryl methyl sites for hydroxylation is 2. The van der Waals surface area contributed by atoms with Crippen LogP contribution in [0.25, 0.3) is 0 Å². The molecule has 2 aromatic rings. The molecule has 0 aliphatic carbocycles. The molecular formula is C15H13BrO2. The molecule has 0 saturated carbocycles. The molecule has 0 saturated heterocycles. The summed E-state index contributed by atoms with van der Waals surface area (Å²) < 4.78 is 6.76. The third-order valence-electron chi connectivity index (χ3n) is 2.61. The van der Waals surface area contributed by atoms with E-state index < -0.39 is 0 Å². The summed E-state index contributed by atoms with van der Waals surface area (Å²) in [5, 5.41) is 0. The Kier molecular flexibility index (Phi) is 3.82. The largest absolute Gasteiger partial charge is 0.456 e. The molecule has 0 aromatic heterocycles. The summed E-state index contributed by atoms with van der Waals surface area (Å²) in [6.45, 7) is 4.05. The Hall–Kier alpha value is -1.61. The van der Waals surface area contributed by atoms with Crippen molar-refractivity contribution in [3.63, 3.8) is 0 Å². The highest BCUT2D eigenvalue weighted by atomic mass is 79.9. The summed E-state index contributed by atoms with van der Waals surface area (Å²) in [5.41, 5.74) is 2.89. The van der Waals surface area contributed by atoms with Crippen LogP contribution in [-0.2, 0) is 0 Å². The molecule has 0 bridgehead atoms. The quantitative estimate of drug-likeness (QED) is 0.770.